The molecule has 0 atom stereocenters. The lowest BCUT2D eigenvalue weighted by Crippen LogP contribution is -2.14. The first-order chi connectivity index (χ1) is 37.7. The molecule has 350 valence electrons. The van der Waals surface area contributed by atoms with Crippen molar-refractivity contribution in [3.8, 4) is 28.8 Å². The molecule has 0 aliphatic carbocycles. The normalized spacial score (nSPS) is 12.2. The second-order valence-corrected chi connectivity index (χ2v) is 21.8. The Morgan fingerprint density at radius 3 is 1.05 bits per heavy atom. The van der Waals surface area contributed by atoms with Crippen LogP contribution in [0, 0.1) is 17.9 Å². The first-order valence-corrected chi connectivity index (χ1v) is 27.0. The highest BCUT2D eigenvalue weighted by Gasteiger charge is 2.35. The van der Waals surface area contributed by atoms with Gasteiger partial charge in [0.15, 0.2) is 0 Å². The van der Waals surface area contributed by atoms with Gasteiger partial charge in [0, 0.05) is 83.4 Å². The van der Waals surface area contributed by atoms with Gasteiger partial charge in [0.2, 0.25) is 5.69 Å². The molecule has 0 unspecified atom stereocenters. The fraction of sp³-hybridized carbons (Fsp3) is 0. The predicted octanol–water partition coefficient (Wildman–Crippen LogP) is 19.2. The summed E-state index contributed by atoms with van der Waals surface area (Å²) in [6, 6.07) is 80.6. The summed E-state index contributed by atoms with van der Waals surface area (Å²) in [5, 5.41) is 26.1. The molecule has 0 saturated carbocycles. The van der Waals surface area contributed by atoms with Crippen LogP contribution in [0.2, 0.25) is 0 Å². The van der Waals surface area contributed by atoms with E-state index in [0.29, 0.717) is 28.3 Å². The molecule has 0 fully saturated rings. The van der Waals surface area contributed by atoms with E-state index < -0.39 is 0 Å². The Morgan fingerprint density at radius 2 is 0.645 bits per heavy atom. The number of fused-ring (bicyclic) bond motifs is 20. The Labute approximate surface area is 441 Å². The number of nitrogens with zero attached hydrogens (tertiary/aromatic N) is 6. The molecule has 0 saturated heterocycles. The van der Waals surface area contributed by atoms with E-state index in [9.17, 15) is 11.8 Å². The van der Waals surface area contributed by atoms with E-state index in [2.05, 4.69) is 243 Å². The molecular formula is C68H36N6S2. The summed E-state index contributed by atoms with van der Waals surface area (Å²) in [4.78, 5) is 4.81. The molecule has 6 nitrogen and oxygen atoms in total. The number of rotatable bonds is 4. The van der Waals surface area contributed by atoms with E-state index in [1.165, 1.54) is 40.3 Å². The quantitative estimate of drug-likeness (QED) is 0.162. The molecule has 11 aromatic carbocycles. The lowest BCUT2D eigenvalue weighted by Gasteiger charge is -2.27. The SMILES string of the molecule is [C-]#[N+]c1c(-n2c3ccccc3c3ccccc32)c(-n2c3ccccc3c3c4sc5ccccc5c4ccc32)c(-n2c3ccccc3c3ccccc32)c(C#N)c1-n1c2ccccc2c2c3sc4ccccc4c3ccc21. The summed E-state index contributed by atoms with van der Waals surface area (Å²) in [6.07, 6.45) is 0. The van der Waals surface area contributed by atoms with Crippen molar-refractivity contribution in [2.24, 2.45) is 0 Å². The van der Waals surface area contributed by atoms with Crippen LogP contribution in [0.1, 0.15) is 5.56 Å². The maximum Gasteiger partial charge on any atom is 0.237 e. The minimum absolute atomic E-state index is 0.371. The van der Waals surface area contributed by atoms with Gasteiger partial charge in [0.05, 0.1) is 79.0 Å². The number of hydrogen-bond acceptors (Lipinski definition) is 3. The molecule has 0 bridgehead atoms. The summed E-state index contributed by atoms with van der Waals surface area (Å²) in [5.74, 6) is 0. The van der Waals surface area contributed by atoms with Gasteiger partial charge in [0.1, 0.15) is 6.07 Å². The lowest BCUT2D eigenvalue weighted by atomic mass is 10.0. The summed E-state index contributed by atoms with van der Waals surface area (Å²) in [5.41, 5.74) is 11.1. The topological polar surface area (TPSA) is 47.9 Å². The highest BCUT2D eigenvalue weighted by Crippen LogP contribution is 2.54. The van der Waals surface area contributed by atoms with Crippen LogP contribution >= 0.6 is 22.7 Å². The molecule has 0 radical (unpaired) electrons. The van der Waals surface area contributed by atoms with Crippen LogP contribution < -0.4 is 0 Å². The largest absolute Gasteiger partial charge is 0.317 e. The van der Waals surface area contributed by atoms with Crippen molar-refractivity contribution in [1.29, 1.82) is 5.26 Å². The summed E-state index contributed by atoms with van der Waals surface area (Å²) < 4.78 is 14.1. The van der Waals surface area contributed by atoms with E-state index in [4.69, 9.17) is 4.85 Å². The van der Waals surface area contributed by atoms with Gasteiger partial charge >= 0.3 is 0 Å². The highest BCUT2D eigenvalue weighted by molar-refractivity contribution is 7.27. The molecule has 0 aliphatic rings. The lowest BCUT2D eigenvalue weighted by molar-refractivity contribution is 1.03. The number of thiophene rings is 2. The van der Waals surface area contributed by atoms with Crippen molar-refractivity contribution >= 4 is 156 Å². The van der Waals surface area contributed by atoms with E-state index in [1.807, 2.05) is 11.3 Å². The van der Waals surface area contributed by atoms with Crippen LogP contribution in [-0.4, -0.2) is 18.3 Å². The smallest absolute Gasteiger partial charge is 0.237 e. The molecule has 6 heterocycles. The van der Waals surface area contributed by atoms with Crippen molar-refractivity contribution in [2.75, 3.05) is 0 Å². The van der Waals surface area contributed by atoms with Gasteiger partial charge in [-0.25, -0.2) is 4.85 Å². The standard InChI is InChI=1S/C68H36N6S2/c1-70-62-63(73-54-30-14-6-24-47(54)60-56(73)36-34-45-43-22-8-16-32-58(43)75-67(45)60)49(38-69)64(71-50-26-10-2-18-39(50)40-19-3-11-27-51(40)71)66(65(62)72-52-28-12-4-20-41(52)42-21-5-13-29-53(42)72)74-55-31-15-7-25-48(55)61-57(74)37-35-46-44-23-9-17-33-59(44)76-68(46)61/h2-37H. The minimum Gasteiger partial charge on any atom is -0.317 e. The second-order valence-electron chi connectivity index (χ2n) is 19.7. The first kappa shape index (κ1) is 41.5. The van der Waals surface area contributed by atoms with Crippen LogP contribution in [-0.2, 0) is 0 Å². The summed E-state index contributed by atoms with van der Waals surface area (Å²) in [7, 11) is 0. The van der Waals surface area contributed by atoms with Crippen molar-refractivity contribution in [3.63, 3.8) is 0 Å². The van der Waals surface area contributed by atoms with Gasteiger partial charge in [-0.1, -0.05) is 158 Å². The van der Waals surface area contributed by atoms with Gasteiger partial charge in [-0.15, -0.1) is 22.7 Å². The number of hydrogen-bond donors (Lipinski definition) is 0. The molecule has 0 aliphatic heterocycles. The Balaban J connectivity index is 1.18. The van der Waals surface area contributed by atoms with E-state index >= 15 is 0 Å². The molecule has 17 rings (SSSR count). The molecule has 17 aromatic rings. The van der Waals surface area contributed by atoms with Crippen molar-refractivity contribution < 1.29 is 0 Å². The molecule has 8 heteroatoms. The Kier molecular flexibility index (Phi) is 8.36. The molecule has 76 heavy (non-hydrogen) atoms. The Bertz CT molecular complexity index is 5260. The predicted molar refractivity (Wildman–Crippen MR) is 321 cm³/mol. The maximum atomic E-state index is 12.6. The Morgan fingerprint density at radius 1 is 0.316 bits per heavy atom. The van der Waals surface area contributed by atoms with E-state index in [-0.39, 0.29) is 0 Å². The van der Waals surface area contributed by atoms with Crippen molar-refractivity contribution in [2.45, 2.75) is 0 Å². The van der Waals surface area contributed by atoms with Gasteiger partial charge in [-0.2, -0.15) is 5.26 Å². The molecule has 0 amide bonds. The van der Waals surface area contributed by atoms with Crippen LogP contribution in [0.3, 0.4) is 0 Å². The number of aromatic nitrogens is 4. The fourth-order valence-corrected chi connectivity index (χ4v) is 15.6. The average Bonchev–Trinajstić information content (AvgIpc) is 4.42. The molecule has 6 aromatic heterocycles. The minimum atomic E-state index is 0.371. The second kappa shape index (κ2) is 15.3. The fourth-order valence-electron chi connectivity index (χ4n) is 13.0. The number of benzene rings is 11. The highest BCUT2D eigenvalue weighted by atomic mass is 32.1. The van der Waals surface area contributed by atoms with Crippen LogP contribution in [0.4, 0.5) is 5.69 Å². The molecule has 0 N–H and O–H groups in total. The maximum absolute atomic E-state index is 12.6. The van der Waals surface area contributed by atoms with Gasteiger partial charge in [0.25, 0.3) is 0 Å². The zero-order chi connectivity index (χ0) is 49.9. The van der Waals surface area contributed by atoms with Gasteiger partial charge in [-0.3, -0.25) is 0 Å². The van der Waals surface area contributed by atoms with Crippen LogP contribution in [0.25, 0.3) is 155 Å². The first-order valence-electron chi connectivity index (χ1n) is 25.4. The third kappa shape index (κ3) is 5.26. The third-order valence-corrected chi connectivity index (χ3v) is 18.4. The van der Waals surface area contributed by atoms with Gasteiger partial charge < -0.3 is 18.3 Å². The van der Waals surface area contributed by atoms with Crippen molar-refractivity contribution in [1.82, 2.24) is 18.3 Å². The zero-order valence-corrected chi connectivity index (χ0v) is 41.9. The van der Waals surface area contributed by atoms with E-state index in [0.717, 1.165) is 92.9 Å². The molecule has 0 spiro atoms. The summed E-state index contributed by atoms with van der Waals surface area (Å²) >= 11 is 3.62. The zero-order valence-electron chi connectivity index (χ0n) is 40.3. The number of para-hydroxylation sites is 6. The van der Waals surface area contributed by atoms with Crippen molar-refractivity contribution in [3.05, 3.63) is 235 Å². The molecular weight excluding hydrogens is 965 g/mol. The monoisotopic (exact) mass is 1000 g/mol. The van der Waals surface area contributed by atoms with E-state index in [1.54, 1.807) is 11.3 Å². The average molecular weight is 1000 g/mol. The van der Waals surface area contributed by atoms with Gasteiger partial charge in [-0.05, 0) is 60.7 Å². The van der Waals surface area contributed by atoms with Crippen LogP contribution in [0.15, 0.2) is 218 Å². The van der Waals surface area contributed by atoms with Crippen LogP contribution in [0.5, 0.6) is 0 Å². The third-order valence-electron chi connectivity index (χ3n) is 16.0. The Hall–Kier alpha value is -9.96. The number of nitriles is 1. The summed E-state index contributed by atoms with van der Waals surface area (Å²) in [6.45, 7) is 9.84.